The van der Waals surface area contributed by atoms with Gasteiger partial charge in [-0.15, -0.1) is 0 Å². The standard InChI is InChI=1S/C14H18ClNO2/c1-9(14(2)3-4-14)16-11-8-13-12(7-10(11)15)17-5-6-18-13/h7-9,16H,3-6H2,1-2H3. The Bertz CT molecular complexity index is 471. The van der Waals surface area contributed by atoms with Gasteiger partial charge in [0.2, 0.25) is 0 Å². The van der Waals surface area contributed by atoms with Gasteiger partial charge in [-0.25, -0.2) is 0 Å². The molecule has 0 saturated heterocycles. The Kier molecular flexibility index (Phi) is 2.81. The van der Waals surface area contributed by atoms with Crippen LogP contribution in [0.5, 0.6) is 11.5 Å². The topological polar surface area (TPSA) is 30.5 Å². The fourth-order valence-corrected chi connectivity index (χ4v) is 2.42. The van der Waals surface area contributed by atoms with Crippen LogP contribution >= 0.6 is 11.6 Å². The van der Waals surface area contributed by atoms with Crippen LogP contribution in [-0.2, 0) is 0 Å². The molecule has 3 nitrogen and oxygen atoms in total. The number of nitrogens with one attached hydrogen (secondary N) is 1. The van der Waals surface area contributed by atoms with Crippen molar-refractivity contribution in [1.82, 2.24) is 0 Å². The molecule has 0 aromatic heterocycles. The minimum absolute atomic E-state index is 0.413. The van der Waals surface area contributed by atoms with Gasteiger partial charge in [0.25, 0.3) is 0 Å². The molecule has 0 bridgehead atoms. The molecule has 0 amide bonds. The summed E-state index contributed by atoms with van der Waals surface area (Å²) < 4.78 is 11.1. The van der Waals surface area contributed by atoms with Crippen molar-refractivity contribution in [2.24, 2.45) is 5.41 Å². The number of halogens is 1. The first-order valence-corrected chi connectivity index (χ1v) is 6.82. The van der Waals surface area contributed by atoms with Crippen LogP contribution in [-0.4, -0.2) is 19.3 Å². The van der Waals surface area contributed by atoms with E-state index in [1.807, 2.05) is 12.1 Å². The summed E-state index contributed by atoms with van der Waals surface area (Å²) in [5.74, 6) is 1.52. The molecule has 1 fully saturated rings. The Morgan fingerprint density at radius 1 is 1.22 bits per heavy atom. The second-order valence-corrected chi connectivity index (χ2v) is 5.90. The molecule has 1 aliphatic heterocycles. The van der Waals surface area contributed by atoms with Gasteiger partial charge in [-0.05, 0) is 25.2 Å². The highest BCUT2D eigenvalue weighted by Gasteiger charge is 2.42. The zero-order valence-electron chi connectivity index (χ0n) is 10.8. The molecule has 1 aromatic rings. The maximum atomic E-state index is 6.28. The average molecular weight is 268 g/mol. The molecule has 1 saturated carbocycles. The molecule has 4 heteroatoms. The van der Waals surface area contributed by atoms with Crippen molar-refractivity contribution in [1.29, 1.82) is 0 Å². The van der Waals surface area contributed by atoms with Gasteiger partial charge < -0.3 is 14.8 Å². The van der Waals surface area contributed by atoms with Gasteiger partial charge >= 0.3 is 0 Å². The normalized spacial score (nSPS) is 21.3. The lowest BCUT2D eigenvalue weighted by Gasteiger charge is -2.24. The molecule has 18 heavy (non-hydrogen) atoms. The summed E-state index contributed by atoms with van der Waals surface area (Å²) in [7, 11) is 0. The number of ether oxygens (including phenoxy) is 2. The lowest BCUT2D eigenvalue weighted by Crippen LogP contribution is -2.25. The lowest BCUT2D eigenvalue weighted by atomic mass is 10.0. The van der Waals surface area contributed by atoms with E-state index in [0.717, 1.165) is 17.2 Å². The molecule has 1 unspecified atom stereocenters. The first-order chi connectivity index (χ1) is 8.58. The predicted molar refractivity (Wildman–Crippen MR) is 72.9 cm³/mol. The zero-order chi connectivity index (χ0) is 12.8. The Morgan fingerprint density at radius 2 is 1.83 bits per heavy atom. The van der Waals surface area contributed by atoms with E-state index in [-0.39, 0.29) is 0 Å². The van der Waals surface area contributed by atoms with Crippen LogP contribution in [0.2, 0.25) is 5.02 Å². The Balaban J connectivity index is 1.83. The summed E-state index contributed by atoms with van der Waals surface area (Å²) in [6.45, 7) is 5.70. The van der Waals surface area contributed by atoms with Crippen molar-refractivity contribution >= 4 is 17.3 Å². The molecule has 1 atom stereocenters. The molecular formula is C14H18ClNO2. The maximum absolute atomic E-state index is 6.28. The molecule has 1 N–H and O–H groups in total. The van der Waals surface area contributed by atoms with E-state index in [9.17, 15) is 0 Å². The van der Waals surface area contributed by atoms with E-state index < -0.39 is 0 Å². The maximum Gasteiger partial charge on any atom is 0.163 e. The lowest BCUT2D eigenvalue weighted by molar-refractivity contribution is 0.171. The molecule has 1 aromatic carbocycles. The summed E-state index contributed by atoms with van der Waals surface area (Å²) in [5, 5.41) is 4.19. The van der Waals surface area contributed by atoms with Crippen molar-refractivity contribution < 1.29 is 9.47 Å². The summed E-state index contributed by atoms with van der Waals surface area (Å²) in [5.41, 5.74) is 1.35. The summed E-state index contributed by atoms with van der Waals surface area (Å²) in [4.78, 5) is 0. The average Bonchev–Trinajstić information content (AvgIpc) is 3.10. The van der Waals surface area contributed by atoms with Gasteiger partial charge in [0, 0.05) is 18.2 Å². The van der Waals surface area contributed by atoms with Crippen molar-refractivity contribution in [3.8, 4) is 11.5 Å². The molecule has 1 heterocycles. The first-order valence-electron chi connectivity index (χ1n) is 6.44. The number of rotatable bonds is 3. The van der Waals surface area contributed by atoms with Crippen LogP contribution in [0.1, 0.15) is 26.7 Å². The van der Waals surface area contributed by atoms with E-state index in [1.165, 1.54) is 12.8 Å². The largest absolute Gasteiger partial charge is 0.486 e. The number of hydrogen-bond acceptors (Lipinski definition) is 3. The predicted octanol–water partition coefficient (Wildman–Crippen LogP) is 3.71. The van der Waals surface area contributed by atoms with Crippen LogP contribution in [0, 0.1) is 5.41 Å². The van der Waals surface area contributed by atoms with E-state index in [1.54, 1.807) is 0 Å². The minimum atomic E-state index is 0.413. The van der Waals surface area contributed by atoms with E-state index >= 15 is 0 Å². The Labute approximate surface area is 112 Å². The summed E-state index contributed by atoms with van der Waals surface area (Å²) in [6.07, 6.45) is 2.56. The number of hydrogen-bond donors (Lipinski definition) is 1. The molecule has 1 aliphatic carbocycles. The van der Waals surface area contributed by atoms with Crippen LogP contribution in [0.4, 0.5) is 5.69 Å². The van der Waals surface area contributed by atoms with Gasteiger partial charge in [0.1, 0.15) is 13.2 Å². The minimum Gasteiger partial charge on any atom is -0.486 e. The molecule has 98 valence electrons. The van der Waals surface area contributed by atoms with Crippen LogP contribution in [0.3, 0.4) is 0 Å². The van der Waals surface area contributed by atoms with Gasteiger partial charge in [-0.2, -0.15) is 0 Å². The molecule has 0 spiro atoms. The van der Waals surface area contributed by atoms with Gasteiger partial charge in [-0.1, -0.05) is 18.5 Å². The van der Waals surface area contributed by atoms with E-state index in [2.05, 4.69) is 19.2 Å². The molecular weight excluding hydrogens is 250 g/mol. The second kappa shape index (κ2) is 4.23. The Morgan fingerprint density at radius 3 is 2.44 bits per heavy atom. The van der Waals surface area contributed by atoms with Gasteiger partial charge in [0.05, 0.1) is 10.7 Å². The van der Waals surface area contributed by atoms with Gasteiger partial charge in [-0.3, -0.25) is 0 Å². The highest BCUT2D eigenvalue weighted by Crippen LogP contribution is 2.49. The smallest absolute Gasteiger partial charge is 0.163 e. The van der Waals surface area contributed by atoms with E-state index in [4.69, 9.17) is 21.1 Å². The third kappa shape index (κ3) is 2.12. The van der Waals surface area contributed by atoms with Crippen LogP contribution in [0.25, 0.3) is 0 Å². The SMILES string of the molecule is CC(Nc1cc2c(cc1Cl)OCCO2)C1(C)CC1. The highest BCUT2D eigenvalue weighted by molar-refractivity contribution is 6.33. The third-order valence-electron chi connectivity index (χ3n) is 4.09. The second-order valence-electron chi connectivity index (χ2n) is 5.50. The monoisotopic (exact) mass is 267 g/mol. The Hall–Kier alpha value is -1.09. The highest BCUT2D eigenvalue weighted by atomic mass is 35.5. The van der Waals surface area contributed by atoms with Crippen molar-refractivity contribution in [2.45, 2.75) is 32.7 Å². The van der Waals surface area contributed by atoms with Crippen LogP contribution < -0.4 is 14.8 Å². The number of benzene rings is 1. The first kappa shape index (κ1) is 12.0. The number of fused-ring (bicyclic) bond motifs is 1. The van der Waals surface area contributed by atoms with Crippen LogP contribution in [0.15, 0.2) is 12.1 Å². The molecule has 2 aliphatic rings. The molecule has 0 radical (unpaired) electrons. The fourth-order valence-electron chi connectivity index (χ4n) is 2.21. The quantitative estimate of drug-likeness (QED) is 0.906. The zero-order valence-corrected chi connectivity index (χ0v) is 11.5. The third-order valence-corrected chi connectivity index (χ3v) is 4.40. The van der Waals surface area contributed by atoms with E-state index in [0.29, 0.717) is 29.7 Å². The van der Waals surface area contributed by atoms with Crippen molar-refractivity contribution in [3.63, 3.8) is 0 Å². The van der Waals surface area contributed by atoms with Crippen molar-refractivity contribution in [2.75, 3.05) is 18.5 Å². The summed E-state index contributed by atoms with van der Waals surface area (Å²) >= 11 is 6.28. The van der Waals surface area contributed by atoms with Gasteiger partial charge in [0.15, 0.2) is 11.5 Å². The molecule has 3 rings (SSSR count). The number of anilines is 1. The van der Waals surface area contributed by atoms with Crippen molar-refractivity contribution in [3.05, 3.63) is 17.2 Å². The summed E-state index contributed by atoms with van der Waals surface area (Å²) in [6, 6.07) is 4.19. The fraction of sp³-hybridized carbons (Fsp3) is 0.571.